The molecule has 2 nitrogen and oxygen atoms in total. The van der Waals surface area contributed by atoms with E-state index in [9.17, 15) is 0 Å². The minimum absolute atomic E-state index is 0.528. The quantitative estimate of drug-likeness (QED) is 0.750. The van der Waals surface area contributed by atoms with Crippen molar-refractivity contribution in [3.05, 3.63) is 0 Å². The van der Waals surface area contributed by atoms with Gasteiger partial charge in [-0.1, -0.05) is 38.5 Å². The topological polar surface area (TPSA) is 24.1 Å². The summed E-state index contributed by atoms with van der Waals surface area (Å²) in [6.45, 7) is 2.59. The van der Waals surface area contributed by atoms with Crippen molar-refractivity contribution in [1.29, 1.82) is 0 Å². The van der Waals surface area contributed by atoms with Crippen LogP contribution in [0.4, 0.5) is 0 Å². The van der Waals surface area contributed by atoms with Gasteiger partial charge < -0.3 is 10.6 Å². The maximum absolute atomic E-state index is 4.08. The lowest BCUT2D eigenvalue weighted by atomic mass is 9.61. The van der Waals surface area contributed by atoms with Crippen molar-refractivity contribution in [2.75, 3.05) is 13.1 Å². The fourth-order valence-electron chi connectivity index (χ4n) is 6.48. The first-order valence-corrected chi connectivity index (χ1v) is 10.3. The number of hydrogen-bond donors (Lipinski definition) is 2. The van der Waals surface area contributed by atoms with Crippen molar-refractivity contribution in [2.24, 2.45) is 11.8 Å². The molecule has 0 aromatic heterocycles. The van der Waals surface area contributed by atoms with E-state index < -0.39 is 0 Å². The average molecular weight is 305 g/mol. The molecular weight excluding hydrogens is 268 g/mol. The molecule has 0 aromatic rings. The summed E-state index contributed by atoms with van der Waals surface area (Å²) in [6, 6.07) is 0. The van der Waals surface area contributed by atoms with Crippen LogP contribution in [0.15, 0.2) is 0 Å². The second-order valence-corrected chi connectivity index (χ2v) is 8.91. The lowest BCUT2D eigenvalue weighted by Gasteiger charge is -2.53. The van der Waals surface area contributed by atoms with Gasteiger partial charge in [0.25, 0.3) is 0 Å². The predicted octanol–water partition coefficient (Wildman–Crippen LogP) is 4.39. The Kier molecular flexibility index (Phi) is 4.52. The first-order chi connectivity index (χ1) is 10.8. The van der Waals surface area contributed by atoms with Gasteiger partial charge >= 0.3 is 0 Å². The SMILES string of the molecule is C1CCC2(CC1)CCC(C1CCCNC13CCCCC3)CN2. The van der Waals surface area contributed by atoms with Crippen LogP contribution >= 0.6 is 0 Å². The smallest absolute Gasteiger partial charge is 0.0212 e. The minimum atomic E-state index is 0.528. The van der Waals surface area contributed by atoms with E-state index in [4.69, 9.17) is 0 Å². The molecule has 2 atom stereocenters. The van der Waals surface area contributed by atoms with Crippen molar-refractivity contribution in [2.45, 2.75) is 101 Å². The summed E-state index contributed by atoms with van der Waals surface area (Å²) in [5, 5.41) is 8.10. The first kappa shape index (κ1) is 15.4. The van der Waals surface area contributed by atoms with Gasteiger partial charge in [0.15, 0.2) is 0 Å². The molecule has 2 N–H and O–H groups in total. The standard InChI is InChI=1S/C20H36N2/c1-3-10-19(11-4-1)14-9-17(16-22-19)18-8-7-15-21-20(18)12-5-2-6-13-20/h17-18,21-22H,1-16H2. The molecule has 2 unspecified atom stereocenters. The monoisotopic (exact) mass is 304 g/mol. The van der Waals surface area contributed by atoms with Crippen LogP contribution in [-0.4, -0.2) is 24.2 Å². The zero-order valence-corrected chi connectivity index (χ0v) is 14.5. The van der Waals surface area contributed by atoms with Crippen LogP contribution < -0.4 is 10.6 Å². The zero-order chi connectivity index (χ0) is 14.9. The Balaban J connectivity index is 1.42. The average Bonchev–Trinajstić information content (AvgIpc) is 2.58. The number of rotatable bonds is 1. The van der Waals surface area contributed by atoms with E-state index in [0.717, 1.165) is 11.8 Å². The molecule has 2 saturated carbocycles. The van der Waals surface area contributed by atoms with Crippen molar-refractivity contribution in [3.8, 4) is 0 Å². The highest BCUT2D eigenvalue weighted by Crippen LogP contribution is 2.46. The maximum atomic E-state index is 4.08. The summed E-state index contributed by atoms with van der Waals surface area (Å²) in [5.41, 5.74) is 1.08. The highest BCUT2D eigenvalue weighted by molar-refractivity contribution is 5.04. The normalized spacial score (nSPS) is 38.2. The number of nitrogens with one attached hydrogen (secondary N) is 2. The first-order valence-electron chi connectivity index (χ1n) is 10.3. The Bertz CT molecular complexity index is 348. The fourth-order valence-corrected chi connectivity index (χ4v) is 6.48. The van der Waals surface area contributed by atoms with E-state index in [1.54, 1.807) is 0 Å². The maximum Gasteiger partial charge on any atom is 0.0212 e. The second-order valence-electron chi connectivity index (χ2n) is 8.91. The molecule has 0 bridgehead atoms. The summed E-state index contributed by atoms with van der Waals surface area (Å²) in [6.07, 6.45) is 20.5. The summed E-state index contributed by atoms with van der Waals surface area (Å²) in [5.74, 6) is 1.90. The van der Waals surface area contributed by atoms with Crippen LogP contribution in [0.25, 0.3) is 0 Å². The van der Waals surface area contributed by atoms with Crippen LogP contribution in [-0.2, 0) is 0 Å². The predicted molar refractivity (Wildman–Crippen MR) is 93.1 cm³/mol. The molecule has 0 radical (unpaired) electrons. The molecule has 2 spiro atoms. The van der Waals surface area contributed by atoms with Crippen LogP contribution in [0, 0.1) is 11.8 Å². The van der Waals surface area contributed by atoms with Crippen molar-refractivity contribution < 1.29 is 0 Å². The third kappa shape index (κ3) is 2.86. The Hall–Kier alpha value is -0.0800. The second kappa shape index (κ2) is 6.43. The summed E-state index contributed by atoms with van der Waals surface area (Å²) in [7, 11) is 0. The molecule has 2 heterocycles. The third-order valence-corrected chi connectivity index (χ3v) is 7.74. The van der Waals surface area contributed by atoms with E-state index >= 15 is 0 Å². The summed E-state index contributed by atoms with van der Waals surface area (Å²) >= 11 is 0. The molecule has 4 rings (SSSR count). The number of hydrogen-bond acceptors (Lipinski definition) is 2. The van der Waals surface area contributed by atoms with Crippen LogP contribution in [0.3, 0.4) is 0 Å². The lowest BCUT2D eigenvalue weighted by Crippen LogP contribution is -2.61. The Morgan fingerprint density at radius 2 is 1.36 bits per heavy atom. The minimum Gasteiger partial charge on any atom is -0.311 e. The van der Waals surface area contributed by atoms with Gasteiger partial charge in [0.05, 0.1) is 0 Å². The highest BCUT2D eigenvalue weighted by Gasteiger charge is 2.47. The number of piperidine rings is 2. The molecule has 2 aliphatic carbocycles. The molecule has 2 aliphatic heterocycles. The van der Waals surface area contributed by atoms with E-state index in [-0.39, 0.29) is 0 Å². The molecular formula is C20H36N2. The zero-order valence-electron chi connectivity index (χ0n) is 14.5. The highest BCUT2D eigenvalue weighted by atomic mass is 15.0. The van der Waals surface area contributed by atoms with E-state index in [1.807, 2.05) is 0 Å². The largest absolute Gasteiger partial charge is 0.311 e. The van der Waals surface area contributed by atoms with Crippen molar-refractivity contribution >= 4 is 0 Å². The van der Waals surface area contributed by atoms with E-state index in [0.29, 0.717) is 11.1 Å². The van der Waals surface area contributed by atoms with Crippen molar-refractivity contribution in [1.82, 2.24) is 10.6 Å². The van der Waals surface area contributed by atoms with Crippen molar-refractivity contribution in [3.63, 3.8) is 0 Å². The van der Waals surface area contributed by atoms with Gasteiger partial charge in [0.2, 0.25) is 0 Å². The molecule has 22 heavy (non-hydrogen) atoms. The summed E-state index contributed by atoms with van der Waals surface area (Å²) < 4.78 is 0. The fraction of sp³-hybridized carbons (Fsp3) is 1.00. The van der Waals surface area contributed by atoms with Crippen LogP contribution in [0.2, 0.25) is 0 Å². The Morgan fingerprint density at radius 3 is 2.05 bits per heavy atom. The Labute approximate surface area is 137 Å². The van der Waals surface area contributed by atoms with Gasteiger partial charge in [-0.2, -0.15) is 0 Å². The molecule has 0 aromatic carbocycles. The molecule has 2 heteroatoms. The Morgan fingerprint density at radius 1 is 0.636 bits per heavy atom. The van der Waals surface area contributed by atoms with Gasteiger partial charge in [-0.15, -0.1) is 0 Å². The van der Waals surface area contributed by atoms with E-state index in [2.05, 4.69) is 10.6 Å². The van der Waals surface area contributed by atoms with Crippen LogP contribution in [0.1, 0.15) is 89.9 Å². The molecule has 126 valence electrons. The van der Waals surface area contributed by atoms with Crippen LogP contribution in [0.5, 0.6) is 0 Å². The molecule has 4 aliphatic rings. The van der Waals surface area contributed by atoms with Gasteiger partial charge in [-0.25, -0.2) is 0 Å². The molecule has 4 fully saturated rings. The third-order valence-electron chi connectivity index (χ3n) is 7.74. The van der Waals surface area contributed by atoms with Gasteiger partial charge in [0, 0.05) is 11.1 Å². The molecule has 2 saturated heterocycles. The van der Waals surface area contributed by atoms with Gasteiger partial charge in [-0.3, -0.25) is 0 Å². The van der Waals surface area contributed by atoms with Gasteiger partial charge in [-0.05, 0) is 76.3 Å². The summed E-state index contributed by atoms with van der Waals surface area (Å²) in [4.78, 5) is 0. The van der Waals surface area contributed by atoms with Gasteiger partial charge in [0.1, 0.15) is 0 Å². The molecule has 0 amide bonds. The van der Waals surface area contributed by atoms with E-state index in [1.165, 1.54) is 103 Å². The lowest BCUT2D eigenvalue weighted by molar-refractivity contribution is 0.0323.